The SMILES string of the molecule is Cc1nsc(NCc2cccc(C#N)c2)n1. The monoisotopic (exact) mass is 230 g/mol. The molecular weight excluding hydrogens is 220 g/mol. The second-order valence-corrected chi connectivity index (χ2v) is 4.06. The highest BCUT2D eigenvalue weighted by Gasteiger charge is 2.00. The van der Waals surface area contributed by atoms with E-state index in [2.05, 4.69) is 20.7 Å². The van der Waals surface area contributed by atoms with Crippen molar-refractivity contribution in [2.45, 2.75) is 13.5 Å². The summed E-state index contributed by atoms with van der Waals surface area (Å²) >= 11 is 1.34. The first kappa shape index (κ1) is 10.6. The van der Waals surface area contributed by atoms with Crippen molar-refractivity contribution in [3.8, 4) is 6.07 Å². The Labute approximate surface area is 97.7 Å². The zero-order valence-corrected chi connectivity index (χ0v) is 9.58. The fourth-order valence-electron chi connectivity index (χ4n) is 1.30. The summed E-state index contributed by atoms with van der Waals surface area (Å²) in [5.41, 5.74) is 1.74. The molecule has 0 aliphatic rings. The van der Waals surface area contributed by atoms with E-state index in [0.717, 1.165) is 16.5 Å². The van der Waals surface area contributed by atoms with Gasteiger partial charge in [-0.05, 0) is 24.6 Å². The molecular formula is C11H10N4S. The Morgan fingerprint density at radius 2 is 2.38 bits per heavy atom. The van der Waals surface area contributed by atoms with Gasteiger partial charge in [-0.2, -0.15) is 9.64 Å². The maximum absolute atomic E-state index is 8.76. The van der Waals surface area contributed by atoms with Gasteiger partial charge in [-0.25, -0.2) is 4.98 Å². The van der Waals surface area contributed by atoms with E-state index in [1.165, 1.54) is 11.5 Å². The number of benzene rings is 1. The van der Waals surface area contributed by atoms with Crippen molar-refractivity contribution in [3.63, 3.8) is 0 Å². The van der Waals surface area contributed by atoms with Crippen molar-refractivity contribution < 1.29 is 0 Å². The molecule has 0 saturated carbocycles. The zero-order valence-electron chi connectivity index (χ0n) is 8.77. The predicted octanol–water partition coefficient (Wildman–Crippen LogP) is 2.33. The molecule has 0 fully saturated rings. The van der Waals surface area contributed by atoms with E-state index in [4.69, 9.17) is 5.26 Å². The maximum atomic E-state index is 8.76. The highest BCUT2D eigenvalue weighted by Crippen LogP contribution is 2.12. The summed E-state index contributed by atoms with van der Waals surface area (Å²) in [5, 5.41) is 12.7. The van der Waals surface area contributed by atoms with Gasteiger partial charge in [0.25, 0.3) is 0 Å². The Hall–Kier alpha value is -1.93. The van der Waals surface area contributed by atoms with Gasteiger partial charge in [0, 0.05) is 18.1 Å². The number of hydrogen-bond donors (Lipinski definition) is 1. The molecule has 2 rings (SSSR count). The lowest BCUT2D eigenvalue weighted by Crippen LogP contribution is -1.99. The molecule has 0 unspecified atom stereocenters. The Bertz CT molecular complexity index is 527. The van der Waals surface area contributed by atoms with Crippen LogP contribution < -0.4 is 5.32 Å². The van der Waals surface area contributed by atoms with E-state index in [0.29, 0.717) is 12.1 Å². The van der Waals surface area contributed by atoms with Gasteiger partial charge in [-0.15, -0.1) is 0 Å². The number of aryl methyl sites for hydroxylation is 1. The quantitative estimate of drug-likeness (QED) is 0.879. The Kier molecular flexibility index (Phi) is 3.13. The Morgan fingerprint density at radius 3 is 3.06 bits per heavy atom. The molecule has 0 bridgehead atoms. The van der Waals surface area contributed by atoms with Crippen molar-refractivity contribution in [2.24, 2.45) is 0 Å². The van der Waals surface area contributed by atoms with E-state index in [-0.39, 0.29) is 0 Å². The van der Waals surface area contributed by atoms with Crippen LogP contribution in [0.5, 0.6) is 0 Å². The summed E-state index contributed by atoms with van der Waals surface area (Å²) in [7, 11) is 0. The summed E-state index contributed by atoms with van der Waals surface area (Å²) in [4.78, 5) is 4.20. The van der Waals surface area contributed by atoms with Crippen LogP contribution in [0.15, 0.2) is 24.3 Å². The smallest absolute Gasteiger partial charge is 0.202 e. The average molecular weight is 230 g/mol. The molecule has 1 aromatic carbocycles. The molecule has 80 valence electrons. The normalized spacial score (nSPS) is 9.75. The number of aromatic nitrogens is 2. The summed E-state index contributed by atoms with van der Waals surface area (Å²) < 4.78 is 4.08. The van der Waals surface area contributed by atoms with Crippen LogP contribution in [-0.2, 0) is 6.54 Å². The van der Waals surface area contributed by atoms with Crippen LogP contribution in [-0.4, -0.2) is 9.36 Å². The van der Waals surface area contributed by atoms with Crippen LogP contribution in [0.3, 0.4) is 0 Å². The number of nitrogens with one attached hydrogen (secondary N) is 1. The van der Waals surface area contributed by atoms with Crippen molar-refractivity contribution in [3.05, 3.63) is 41.2 Å². The van der Waals surface area contributed by atoms with Gasteiger partial charge >= 0.3 is 0 Å². The second-order valence-electron chi connectivity index (χ2n) is 3.31. The van der Waals surface area contributed by atoms with Gasteiger partial charge < -0.3 is 5.32 Å². The lowest BCUT2D eigenvalue weighted by molar-refractivity contribution is 1.10. The minimum absolute atomic E-state index is 0.657. The first-order valence-electron chi connectivity index (χ1n) is 4.81. The number of rotatable bonds is 3. The Morgan fingerprint density at radius 1 is 1.50 bits per heavy atom. The molecule has 0 aliphatic carbocycles. The summed E-state index contributed by atoms with van der Waals surface area (Å²) in [6.07, 6.45) is 0. The molecule has 16 heavy (non-hydrogen) atoms. The summed E-state index contributed by atoms with van der Waals surface area (Å²) in [6.45, 7) is 2.52. The van der Waals surface area contributed by atoms with E-state index in [9.17, 15) is 0 Å². The molecule has 0 saturated heterocycles. The Balaban J connectivity index is 2.02. The van der Waals surface area contributed by atoms with E-state index >= 15 is 0 Å². The largest absolute Gasteiger partial charge is 0.356 e. The molecule has 0 amide bonds. The van der Waals surface area contributed by atoms with Gasteiger partial charge in [-0.1, -0.05) is 12.1 Å². The number of anilines is 1. The fourth-order valence-corrected chi connectivity index (χ4v) is 1.87. The number of hydrogen-bond acceptors (Lipinski definition) is 5. The standard InChI is InChI=1S/C11H10N4S/c1-8-14-11(16-15-8)13-7-10-4-2-3-9(5-10)6-12/h2-5H,7H2,1H3,(H,13,14,15). The molecule has 2 aromatic rings. The van der Waals surface area contributed by atoms with Crippen molar-refractivity contribution in [1.29, 1.82) is 5.26 Å². The molecule has 0 atom stereocenters. The third kappa shape index (κ3) is 2.55. The zero-order chi connectivity index (χ0) is 11.4. The fraction of sp³-hybridized carbons (Fsp3) is 0.182. The summed E-state index contributed by atoms with van der Waals surface area (Å²) in [6, 6.07) is 9.62. The van der Waals surface area contributed by atoms with Crippen molar-refractivity contribution >= 4 is 16.7 Å². The topological polar surface area (TPSA) is 61.6 Å². The second kappa shape index (κ2) is 4.73. The molecule has 5 heteroatoms. The lowest BCUT2D eigenvalue weighted by Gasteiger charge is -2.02. The van der Waals surface area contributed by atoms with Gasteiger partial charge in [0.05, 0.1) is 11.6 Å². The van der Waals surface area contributed by atoms with Crippen LogP contribution in [0.2, 0.25) is 0 Å². The minimum atomic E-state index is 0.657. The summed E-state index contributed by atoms with van der Waals surface area (Å²) in [5.74, 6) is 0.776. The third-order valence-corrected chi connectivity index (χ3v) is 2.79. The number of nitriles is 1. The van der Waals surface area contributed by atoms with Gasteiger partial charge in [0.15, 0.2) is 0 Å². The van der Waals surface area contributed by atoms with Crippen molar-refractivity contribution in [1.82, 2.24) is 9.36 Å². The van der Waals surface area contributed by atoms with Crippen molar-refractivity contribution in [2.75, 3.05) is 5.32 Å². The predicted molar refractivity (Wildman–Crippen MR) is 63.1 cm³/mol. The number of nitrogens with zero attached hydrogens (tertiary/aromatic N) is 3. The highest BCUT2D eigenvalue weighted by atomic mass is 32.1. The van der Waals surface area contributed by atoms with Gasteiger partial charge in [0.1, 0.15) is 5.82 Å². The van der Waals surface area contributed by atoms with Crippen LogP contribution in [0.4, 0.5) is 5.13 Å². The lowest BCUT2D eigenvalue weighted by atomic mass is 10.1. The van der Waals surface area contributed by atoms with E-state index < -0.39 is 0 Å². The average Bonchev–Trinajstić information content (AvgIpc) is 2.73. The molecule has 1 aromatic heterocycles. The van der Waals surface area contributed by atoms with Gasteiger partial charge in [-0.3, -0.25) is 0 Å². The first-order chi connectivity index (χ1) is 7.78. The molecule has 0 spiro atoms. The first-order valence-corrected chi connectivity index (χ1v) is 5.58. The van der Waals surface area contributed by atoms with E-state index in [1.807, 2.05) is 25.1 Å². The molecule has 0 radical (unpaired) electrons. The highest BCUT2D eigenvalue weighted by molar-refractivity contribution is 7.09. The molecule has 1 N–H and O–H groups in total. The molecule has 1 heterocycles. The molecule has 0 aliphatic heterocycles. The van der Waals surface area contributed by atoms with Gasteiger partial charge in [0.2, 0.25) is 5.13 Å². The van der Waals surface area contributed by atoms with Crippen LogP contribution in [0, 0.1) is 18.3 Å². The third-order valence-electron chi connectivity index (χ3n) is 2.03. The maximum Gasteiger partial charge on any atom is 0.202 e. The van der Waals surface area contributed by atoms with Crippen LogP contribution in [0.25, 0.3) is 0 Å². The van der Waals surface area contributed by atoms with Crippen LogP contribution in [0.1, 0.15) is 17.0 Å². The van der Waals surface area contributed by atoms with Crippen LogP contribution >= 0.6 is 11.5 Å². The van der Waals surface area contributed by atoms with E-state index in [1.54, 1.807) is 6.07 Å². The minimum Gasteiger partial charge on any atom is -0.356 e. The molecule has 4 nitrogen and oxygen atoms in total.